The van der Waals surface area contributed by atoms with Crippen molar-refractivity contribution in [3.8, 4) is 11.5 Å². The van der Waals surface area contributed by atoms with Gasteiger partial charge in [-0.05, 0) is 36.5 Å². The van der Waals surface area contributed by atoms with E-state index >= 15 is 0 Å². The maximum absolute atomic E-state index is 11.5. The smallest absolute Gasteiger partial charge is 0.314 e. The average Bonchev–Trinajstić information content (AvgIpc) is 3.18. The van der Waals surface area contributed by atoms with E-state index < -0.39 is 11.4 Å². The van der Waals surface area contributed by atoms with Crippen LogP contribution in [0.25, 0.3) is 0 Å². The summed E-state index contributed by atoms with van der Waals surface area (Å²) in [5.41, 5.74) is 1.08. The third kappa shape index (κ3) is 1.82. The summed E-state index contributed by atoms with van der Waals surface area (Å²) in [6.45, 7) is 2.01. The molecule has 0 heterocycles. The standard InChI is InChI=1S/C14H18O4/c1-4-10-11(14(5-6-14)13(15)16)7-9(17-2)8-12(10)18-3/h7-8H,4-6H2,1-3H3,(H,15,16). The van der Waals surface area contributed by atoms with Gasteiger partial charge in [-0.3, -0.25) is 4.79 Å². The molecule has 0 aromatic heterocycles. The van der Waals surface area contributed by atoms with Gasteiger partial charge in [0.05, 0.1) is 19.6 Å². The van der Waals surface area contributed by atoms with Crippen LogP contribution in [0.4, 0.5) is 0 Å². The first-order valence-electron chi connectivity index (χ1n) is 6.07. The minimum absolute atomic E-state index is 0.645. The van der Waals surface area contributed by atoms with E-state index in [2.05, 4.69) is 0 Å². The molecule has 0 spiro atoms. The van der Waals surface area contributed by atoms with Gasteiger partial charge in [-0.15, -0.1) is 0 Å². The molecule has 4 heteroatoms. The lowest BCUT2D eigenvalue weighted by atomic mass is 9.89. The van der Waals surface area contributed by atoms with Crippen molar-refractivity contribution in [2.45, 2.75) is 31.6 Å². The van der Waals surface area contributed by atoms with Crippen LogP contribution in [-0.4, -0.2) is 25.3 Å². The molecule has 1 aliphatic rings. The van der Waals surface area contributed by atoms with Gasteiger partial charge < -0.3 is 14.6 Å². The fraction of sp³-hybridized carbons (Fsp3) is 0.500. The third-order valence-electron chi connectivity index (χ3n) is 3.67. The number of aliphatic carboxylic acids is 1. The van der Waals surface area contributed by atoms with Crippen LogP contribution in [0.15, 0.2) is 12.1 Å². The molecule has 0 unspecified atom stereocenters. The number of carboxylic acids is 1. The number of rotatable bonds is 5. The van der Waals surface area contributed by atoms with Gasteiger partial charge in [-0.25, -0.2) is 0 Å². The van der Waals surface area contributed by atoms with Gasteiger partial charge in [0.15, 0.2) is 0 Å². The Morgan fingerprint density at radius 2 is 2.00 bits per heavy atom. The maximum atomic E-state index is 11.5. The first-order chi connectivity index (χ1) is 8.58. The molecule has 0 aliphatic heterocycles. The van der Waals surface area contributed by atoms with Crippen molar-refractivity contribution >= 4 is 5.97 Å². The van der Waals surface area contributed by atoms with E-state index in [1.807, 2.05) is 13.0 Å². The molecule has 98 valence electrons. The highest BCUT2D eigenvalue weighted by atomic mass is 16.5. The van der Waals surface area contributed by atoms with Crippen LogP contribution in [0.5, 0.6) is 11.5 Å². The highest BCUT2D eigenvalue weighted by Gasteiger charge is 2.53. The van der Waals surface area contributed by atoms with Gasteiger partial charge in [0, 0.05) is 6.07 Å². The summed E-state index contributed by atoms with van der Waals surface area (Å²) < 4.78 is 10.6. The lowest BCUT2D eigenvalue weighted by Crippen LogP contribution is -2.21. The van der Waals surface area contributed by atoms with Crippen LogP contribution >= 0.6 is 0 Å². The van der Waals surface area contributed by atoms with E-state index in [-0.39, 0.29) is 0 Å². The molecule has 1 N–H and O–H groups in total. The minimum Gasteiger partial charge on any atom is -0.497 e. The molecule has 0 saturated heterocycles. The second-order valence-corrected chi connectivity index (χ2v) is 4.60. The fourth-order valence-corrected chi connectivity index (χ4v) is 2.44. The molecule has 0 atom stereocenters. The quantitative estimate of drug-likeness (QED) is 0.871. The summed E-state index contributed by atoms with van der Waals surface area (Å²) in [6.07, 6.45) is 2.12. The number of ether oxygens (including phenoxy) is 2. The molecule has 1 fully saturated rings. The van der Waals surface area contributed by atoms with Gasteiger partial charge >= 0.3 is 5.97 Å². The Morgan fingerprint density at radius 3 is 2.39 bits per heavy atom. The number of benzene rings is 1. The van der Waals surface area contributed by atoms with Crippen LogP contribution in [0.1, 0.15) is 30.9 Å². The molecule has 2 rings (SSSR count). The van der Waals surface area contributed by atoms with Crippen molar-refractivity contribution in [2.75, 3.05) is 14.2 Å². The SMILES string of the molecule is CCc1c(OC)cc(OC)cc1C1(C(=O)O)CC1. The zero-order chi connectivity index (χ0) is 13.3. The van der Waals surface area contributed by atoms with E-state index in [0.717, 1.165) is 17.5 Å². The molecule has 0 bridgehead atoms. The molecule has 0 amide bonds. The second-order valence-electron chi connectivity index (χ2n) is 4.60. The number of methoxy groups -OCH3 is 2. The molecule has 18 heavy (non-hydrogen) atoms. The lowest BCUT2D eigenvalue weighted by Gasteiger charge is -2.19. The van der Waals surface area contributed by atoms with E-state index in [9.17, 15) is 9.90 Å². The monoisotopic (exact) mass is 250 g/mol. The van der Waals surface area contributed by atoms with Gasteiger partial charge in [-0.1, -0.05) is 6.92 Å². The number of carboxylic acid groups (broad SMARTS) is 1. The summed E-state index contributed by atoms with van der Waals surface area (Å²) in [6, 6.07) is 3.64. The Bertz CT molecular complexity index is 475. The summed E-state index contributed by atoms with van der Waals surface area (Å²) in [4.78, 5) is 11.5. The van der Waals surface area contributed by atoms with Gasteiger partial charge in [-0.2, -0.15) is 0 Å². The van der Waals surface area contributed by atoms with Gasteiger partial charge in [0.2, 0.25) is 0 Å². The summed E-state index contributed by atoms with van der Waals surface area (Å²) >= 11 is 0. The fourth-order valence-electron chi connectivity index (χ4n) is 2.44. The summed E-state index contributed by atoms with van der Waals surface area (Å²) in [7, 11) is 3.17. The largest absolute Gasteiger partial charge is 0.497 e. The summed E-state index contributed by atoms with van der Waals surface area (Å²) in [5.74, 6) is 0.596. The number of hydrogen-bond donors (Lipinski definition) is 1. The van der Waals surface area contributed by atoms with Crippen molar-refractivity contribution in [2.24, 2.45) is 0 Å². The minimum atomic E-state index is -0.757. The van der Waals surface area contributed by atoms with Crippen molar-refractivity contribution in [1.29, 1.82) is 0 Å². The maximum Gasteiger partial charge on any atom is 0.314 e. The Morgan fingerprint density at radius 1 is 1.33 bits per heavy atom. The highest BCUT2D eigenvalue weighted by Crippen LogP contribution is 2.52. The van der Waals surface area contributed by atoms with E-state index in [4.69, 9.17) is 9.47 Å². The van der Waals surface area contributed by atoms with Crippen LogP contribution < -0.4 is 9.47 Å². The Balaban J connectivity index is 2.61. The first kappa shape index (κ1) is 12.7. The zero-order valence-corrected chi connectivity index (χ0v) is 10.9. The van der Waals surface area contributed by atoms with Gasteiger partial charge in [0.1, 0.15) is 11.5 Å². The van der Waals surface area contributed by atoms with E-state index in [0.29, 0.717) is 24.3 Å². The molecular formula is C14H18O4. The van der Waals surface area contributed by atoms with Crippen molar-refractivity contribution < 1.29 is 19.4 Å². The highest BCUT2D eigenvalue weighted by molar-refractivity contribution is 5.86. The molecular weight excluding hydrogens is 232 g/mol. The van der Waals surface area contributed by atoms with Crippen LogP contribution in [0.2, 0.25) is 0 Å². The van der Waals surface area contributed by atoms with E-state index in [1.165, 1.54) is 0 Å². The molecule has 1 aromatic carbocycles. The predicted molar refractivity (Wildman–Crippen MR) is 67.5 cm³/mol. The van der Waals surface area contributed by atoms with Crippen LogP contribution in [0.3, 0.4) is 0 Å². The second kappa shape index (κ2) is 4.52. The Labute approximate surface area is 107 Å². The number of hydrogen-bond acceptors (Lipinski definition) is 3. The molecule has 4 nitrogen and oxygen atoms in total. The molecule has 1 aromatic rings. The normalized spacial score (nSPS) is 16.2. The first-order valence-corrected chi connectivity index (χ1v) is 6.07. The molecule has 1 aliphatic carbocycles. The zero-order valence-electron chi connectivity index (χ0n) is 10.9. The summed E-state index contributed by atoms with van der Waals surface area (Å²) in [5, 5.41) is 9.42. The lowest BCUT2D eigenvalue weighted by molar-refractivity contribution is -0.140. The van der Waals surface area contributed by atoms with Crippen molar-refractivity contribution in [1.82, 2.24) is 0 Å². The van der Waals surface area contributed by atoms with E-state index in [1.54, 1.807) is 20.3 Å². The van der Waals surface area contributed by atoms with Crippen molar-refractivity contribution in [3.05, 3.63) is 23.3 Å². The Kier molecular flexibility index (Phi) is 3.20. The van der Waals surface area contributed by atoms with Crippen molar-refractivity contribution in [3.63, 3.8) is 0 Å². The average molecular weight is 250 g/mol. The van der Waals surface area contributed by atoms with Gasteiger partial charge in [0.25, 0.3) is 0 Å². The van der Waals surface area contributed by atoms with Crippen LogP contribution in [-0.2, 0) is 16.6 Å². The predicted octanol–water partition coefficient (Wildman–Crippen LogP) is 2.38. The number of carbonyl (C=O) groups is 1. The molecule has 0 radical (unpaired) electrons. The topological polar surface area (TPSA) is 55.8 Å². The third-order valence-corrected chi connectivity index (χ3v) is 3.67. The van der Waals surface area contributed by atoms with Crippen LogP contribution in [0, 0.1) is 0 Å². The Hall–Kier alpha value is -1.71. The molecule has 1 saturated carbocycles.